The van der Waals surface area contributed by atoms with Gasteiger partial charge in [0, 0.05) is 11.8 Å². The van der Waals surface area contributed by atoms with Crippen LogP contribution >= 0.6 is 12.8 Å². The number of H-pyrrole nitrogens is 1. The molecular formula is C7H10N2O2S. The molecule has 0 bridgehead atoms. The summed E-state index contributed by atoms with van der Waals surface area (Å²) in [6, 6.07) is 1.39. The molecule has 66 valence electrons. The van der Waals surface area contributed by atoms with Crippen LogP contribution in [-0.4, -0.2) is 8.96 Å². The fourth-order valence-corrected chi connectivity index (χ4v) is 1.18. The second-order valence-electron chi connectivity index (χ2n) is 2.49. The zero-order valence-corrected chi connectivity index (χ0v) is 7.60. The summed E-state index contributed by atoms with van der Waals surface area (Å²) < 4.78 is 1.16. The summed E-state index contributed by atoms with van der Waals surface area (Å²) in [5.41, 5.74) is -0.197. The highest BCUT2D eigenvalue weighted by Crippen LogP contribution is 1.97. The Balaban J connectivity index is 3.28. The Morgan fingerprint density at radius 1 is 1.58 bits per heavy atom. The number of hydrogen-bond acceptors (Lipinski definition) is 3. The Hall–Kier alpha value is -0.970. The molecule has 0 spiro atoms. The molecule has 0 aliphatic rings. The van der Waals surface area contributed by atoms with Gasteiger partial charge in [-0.15, -0.1) is 0 Å². The summed E-state index contributed by atoms with van der Waals surface area (Å²) in [6.07, 6.45) is 1.56. The van der Waals surface area contributed by atoms with E-state index < -0.39 is 5.69 Å². The minimum atomic E-state index is -0.478. The first-order valence-electron chi connectivity index (χ1n) is 3.69. The van der Waals surface area contributed by atoms with Gasteiger partial charge in [0.25, 0.3) is 5.56 Å². The molecule has 0 saturated heterocycles. The second-order valence-corrected chi connectivity index (χ2v) is 2.89. The number of nitrogens with zero attached hydrogens (tertiary/aromatic N) is 1. The van der Waals surface area contributed by atoms with Crippen molar-refractivity contribution in [3.05, 3.63) is 32.6 Å². The van der Waals surface area contributed by atoms with E-state index >= 15 is 0 Å². The molecule has 1 aromatic rings. The Kier molecular flexibility index (Phi) is 2.75. The fourth-order valence-electron chi connectivity index (χ4n) is 0.972. The molecule has 1 N–H and O–H groups in total. The van der Waals surface area contributed by atoms with Crippen LogP contribution in [0, 0.1) is 0 Å². The summed E-state index contributed by atoms with van der Waals surface area (Å²) >= 11 is 3.93. The van der Waals surface area contributed by atoms with Crippen molar-refractivity contribution in [3.8, 4) is 0 Å². The van der Waals surface area contributed by atoms with Gasteiger partial charge in [0.1, 0.15) is 0 Å². The lowest BCUT2D eigenvalue weighted by Gasteiger charge is -2.02. The molecule has 1 rings (SSSR count). The maximum atomic E-state index is 11.0. The van der Waals surface area contributed by atoms with E-state index in [9.17, 15) is 9.59 Å². The Bertz CT molecular complexity index is 380. The predicted molar refractivity (Wildman–Crippen MR) is 49.7 cm³/mol. The van der Waals surface area contributed by atoms with Gasteiger partial charge in [-0.2, -0.15) is 0 Å². The molecule has 1 aromatic heterocycles. The van der Waals surface area contributed by atoms with E-state index in [4.69, 9.17) is 0 Å². The SMILES string of the molecule is CCCc1cc(=O)[nH]c(=O)n1S. The Labute approximate surface area is 74.8 Å². The molecule has 0 radical (unpaired) electrons. The van der Waals surface area contributed by atoms with Crippen LogP contribution in [0.15, 0.2) is 15.7 Å². The first-order valence-corrected chi connectivity index (χ1v) is 4.09. The first kappa shape index (κ1) is 9.12. The number of rotatable bonds is 2. The minimum absolute atomic E-state index is 0.367. The van der Waals surface area contributed by atoms with E-state index in [-0.39, 0.29) is 5.56 Å². The topological polar surface area (TPSA) is 54.9 Å². The predicted octanol–water partition coefficient (Wildman–Crippen LogP) is 0.182. The van der Waals surface area contributed by atoms with E-state index in [1.54, 1.807) is 0 Å². The van der Waals surface area contributed by atoms with Crippen LogP contribution in [-0.2, 0) is 6.42 Å². The van der Waals surface area contributed by atoms with E-state index in [1.165, 1.54) is 6.07 Å². The molecule has 0 atom stereocenters. The van der Waals surface area contributed by atoms with Crippen molar-refractivity contribution in [1.29, 1.82) is 0 Å². The van der Waals surface area contributed by atoms with Gasteiger partial charge >= 0.3 is 5.69 Å². The molecule has 4 nitrogen and oxygen atoms in total. The smallest absolute Gasteiger partial charge is 0.273 e. The van der Waals surface area contributed by atoms with E-state index in [0.29, 0.717) is 12.1 Å². The summed E-state index contributed by atoms with van der Waals surface area (Å²) in [7, 11) is 0. The van der Waals surface area contributed by atoms with Crippen molar-refractivity contribution < 1.29 is 0 Å². The van der Waals surface area contributed by atoms with Crippen molar-refractivity contribution in [1.82, 2.24) is 8.96 Å². The van der Waals surface area contributed by atoms with Gasteiger partial charge in [-0.25, -0.2) is 8.77 Å². The molecule has 5 heteroatoms. The highest BCUT2D eigenvalue weighted by Gasteiger charge is 2.00. The normalized spacial score (nSPS) is 10.2. The lowest BCUT2D eigenvalue weighted by molar-refractivity contribution is 0.828. The number of hydrogen-bond donors (Lipinski definition) is 2. The van der Waals surface area contributed by atoms with Gasteiger partial charge in [-0.3, -0.25) is 9.78 Å². The molecule has 0 aliphatic carbocycles. The minimum Gasteiger partial charge on any atom is -0.273 e. The van der Waals surface area contributed by atoms with Gasteiger partial charge in [-0.1, -0.05) is 26.2 Å². The summed E-state index contributed by atoms with van der Waals surface area (Å²) in [6.45, 7) is 1.97. The molecule has 0 fully saturated rings. The van der Waals surface area contributed by atoms with Crippen LogP contribution in [0.1, 0.15) is 19.0 Å². The first-order chi connectivity index (χ1) is 5.65. The molecule has 0 aromatic carbocycles. The third-order valence-corrected chi connectivity index (χ3v) is 1.94. The van der Waals surface area contributed by atoms with Crippen molar-refractivity contribution in [2.45, 2.75) is 19.8 Å². The molecule has 0 saturated carbocycles. The van der Waals surface area contributed by atoms with Gasteiger partial charge in [-0.05, 0) is 6.42 Å². The van der Waals surface area contributed by atoms with Crippen LogP contribution in [0.5, 0.6) is 0 Å². The summed E-state index contributed by atoms with van der Waals surface area (Å²) in [4.78, 5) is 23.9. The zero-order chi connectivity index (χ0) is 9.14. The van der Waals surface area contributed by atoms with Crippen molar-refractivity contribution in [2.24, 2.45) is 0 Å². The second kappa shape index (κ2) is 3.62. The number of thiol groups is 1. The Morgan fingerprint density at radius 3 is 2.83 bits per heavy atom. The van der Waals surface area contributed by atoms with E-state index in [2.05, 4.69) is 17.8 Å². The van der Waals surface area contributed by atoms with Crippen LogP contribution in [0.2, 0.25) is 0 Å². The number of aryl methyl sites for hydroxylation is 1. The monoisotopic (exact) mass is 186 g/mol. The number of aromatic amines is 1. The summed E-state index contributed by atoms with van der Waals surface area (Å²) in [5.74, 6) is 0. The Morgan fingerprint density at radius 2 is 2.25 bits per heavy atom. The zero-order valence-electron chi connectivity index (χ0n) is 6.70. The molecule has 0 aliphatic heterocycles. The van der Waals surface area contributed by atoms with Crippen LogP contribution in [0.3, 0.4) is 0 Å². The largest absolute Gasteiger partial charge is 0.338 e. The highest BCUT2D eigenvalue weighted by molar-refractivity contribution is 7.78. The van der Waals surface area contributed by atoms with Crippen LogP contribution in [0.25, 0.3) is 0 Å². The van der Waals surface area contributed by atoms with Gasteiger partial charge in [0.2, 0.25) is 0 Å². The molecule has 0 amide bonds. The number of nitrogens with one attached hydrogen (secondary N) is 1. The molecular weight excluding hydrogens is 176 g/mol. The maximum absolute atomic E-state index is 11.0. The number of aromatic nitrogens is 2. The standard InChI is InChI=1S/C7H10N2O2S/c1-2-3-5-4-6(10)8-7(11)9(5)12/h4,12H,2-3H2,1H3,(H,8,10,11). The quantitative estimate of drug-likeness (QED) is 0.647. The van der Waals surface area contributed by atoms with Crippen molar-refractivity contribution in [2.75, 3.05) is 0 Å². The summed E-state index contributed by atoms with van der Waals surface area (Å²) in [5, 5.41) is 0. The fraction of sp³-hybridized carbons (Fsp3) is 0.429. The van der Waals surface area contributed by atoms with Gasteiger partial charge in [0.05, 0.1) is 0 Å². The van der Waals surface area contributed by atoms with Gasteiger partial charge in [0.15, 0.2) is 0 Å². The van der Waals surface area contributed by atoms with E-state index in [1.807, 2.05) is 6.92 Å². The van der Waals surface area contributed by atoms with Crippen LogP contribution < -0.4 is 11.2 Å². The molecule has 1 heterocycles. The lowest BCUT2D eigenvalue weighted by atomic mass is 10.2. The molecule has 0 unspecified atom stereocenters. The highest BCUT2D eigenvalue weighted by atomic mass is 32.1. The third-order valence-electron chi connectivity index (χ3n) is 1.50. The lowest BCUT2D eigenvalue weighted by Crippen LogP contribution is -2.27. The van der Waals surface area contributed by atoms with Crippen molar-refractivity contribution in [3.63, 3.8) is 0 Å². The van der Waals surface area contributed by atoms with Gasteiger partial charge < -0.3 is 0 Å². The van der Waals surface area contributed by atoms with Crippen molar-refractivity contribution >= 4 is 12.8 Å². The van der Waals surface area contributed by atoms with E-state index in [0.717, 1.165) is 10.4 Å². The molecule has 12 heavy (non-hydrogen) atoms. The average Bonchev–Trinajstić information content (AvgIpc) is 2.00. The average molecular weight is 186 g/mol. The van der Waals surface area contributed by atoms with Crippen LogP contribution in [0.4, 0.5) is 0 Å². The maximum Gasteiger partial charge on any atom is 0.338 e. The third kappa shape index (κ3) is 1.79.